The number of methoxy groups -OCH3 is 1. The number of nitrogens with zero attached hydrogens (tertiary/aromatic N) is 3. The maximum Gasteiger partial charge on any atom is 0.274 e. The van der Waals surface area contributed by atoms with Crippen LogP contribution >= 0.6 is 0 Å². The van der Waals surface area contributed by atoms with Gasteiger partial charge in [-0.2, -0.15) is 10.2 Å². The highest BCUT2D eigenvalue weighted by atomic mass is 16.5. The smallest absolute Gasteiger partial charge is 0.274 e. The highest BCUT2D eigenvalue weighted by molar-refractivity contribution is 6.05. The molecule has 7 heteroatoms. The first-order valence-corrected chi connectivity index (χ1v) is 10.0. The van der Waals surface area contributed by atoms with Gasteiger partial charge in [0.05, 0.1) is 19.5 Å². The van der Waals surface area contributed by atoms with Crippen molar-refractivity contribution in [2.75, 3.05) is 12.4 Å². The molecule has 0 spiro atoms. The average Bonchev–Trinajstić information content (AvgIpc) is 3.24. The van der Waals surface area contributed by atoms with Gasteiger partial charge >= 0.3 is 0 Å². The number of ether oxygens (including phenoxy) is 1. The second-order valence-corrected chi connectivity index (χ2v) is 7.32. The van der Waals surface area contributed by atoms with Gasteiger partial charge in [-0.25, -0.2) is 0 Å². The van der Waals surface area contributed by atoms with Crippen LogP contribution in [0.4, 0.5) is 5.69 Å². The molecule has 1 aliphatic rings. The average molecular weight is 403 g/mol. The fourth-order valence-corrected chi connectivity index (χ4v) is 3.29. The lowest BCUT2D eigenvalue weighted by molar-refractivity contribution is 0.101. The molecule has 0 radical (unpaired) electrons. The van der Waals surface area contributed by atoms with Crippen LogP contribution in [0.25, 0.3) is 11.6 Å². The van der Waals surface area contributed by atoms with Crippen LogP contribution in [0.3, 0.4) is 0 Å². The van der Waals surface area contributed by atoms with Crippen molar-refractivity contribution in [2.24, 2.45) is 5.92 Å². The molecular weight excluding hydrogens is 378 g/mol. The zero-order valence-corrected chi connectivity index (χ0v) is 17.1. The molecule has 154 valence electrons. The lowest BCUT2D eigenvalue weighted by Gasteiger charge is -2.10. The summed E-state index contributed by atoms with van der Waals surface area (Å²) in [4.78, 5) is 13.2. The van der Waals surface area contributed by atoms with Gasteiger partial charge in [-0.05, 0) is 43.4 Å². The van der Waals surface area contributed by atoms with Crippen LogP contribution in [0.5, 0.6) is 5.75 Å². The van der Waals surface area contributed by atoms with Gasteiger partial charge in [0, 0.05) is 35.6 Å². The molecule has 4 rings (SSSR count). The molecule has 2 aromatic heterocycles. The minimum atomic E-state index is -0.189. The molecular formula is C23H25N5O2. The summed E-state index contributed by atoms with van der Waals surface area (Å²) in [6, 6.07) is 7.33. The minimum Gasteiger partial charge on any atom is -0.497 e. The van der Waals surface area contributed by atoms with Gasteiger partial charge in [-0.1, -0.05) is 24.3 Å². The van der Waals surface area contributed by atoms with Gasteiger partial charge in [0.2, 0.25) is 0 Å². The normalized spacial score (nSPS) is 14.3. The van der Waals surface area contributed by atoms with E-state index < -0.39 is 0 Å². The number of hydrogen-bond acceptors (Lipinski definition) is 4. The van der Waals surface area contributed by atoms with Crippen molar-refractivity contribution < 1.29 is 9.53 Å². The molecule has 0 saturated heterocycles. The lowest BCUT2D eigenvalue weighted by Crippen LogP contribution is -2.19. The monoisotopic (exact) mass is 403 g/mol. The molecule has 1 aromatic carbocycles. The number of H-pyrrole nitrogens is 1. The van der Waals surface area contributed by atoms with E-state index in [-0.39, 0.29) is 5.91 Å². The number of anilines is 1. The number of hydrogen-bond donors (Lipinski definition) is 2. The van der Waals surface area contributed by atoms with Gasteiger partial charge < -0.3 is 10.1 Å². The molecule has 0 unspecified atom stereocenters. The Hall–Kier alpha value is -3.61. The van der Waals surface area contributed by atoms with Crippen LogP contribution in [-0.4, -0.2) is 33.0 Å². The third-order valence-corrected chi connectivity index (χ3v) is 5.12. The summed E-state index contributed by atoms with van der Waals surface area (Å²) < 4.78 is 7.07. The first kappa shape index (κ1) is 19.7. The highest BCUT2D eigenvalue weighted by Gasteiger charge is 2.26. The first-order chi connectivity index (χ1) is 14.7. The van der Waals surface area contributed by atoms with E-state index >= 15 is 0 Å². The molecule has 0 bridgehead atoms. The summed E-state index contributed by atoms with van der Waals surface area (Å²) >= 11 is 0. The third-order valence-electron chi connectivity index (χ3n) is 5.12. The Morgan fingerprint density at radius 1 is 1.37 bits per heavy atom. The number of rotatable bonds is 8. The summed E-state index contributed by atoms with van der Waals surface area (Å²) in [5, 5.41) is 14.3. The van der Waals surface area contributed by atoms with Crippen molar-refractivity contribution in [3.63, 3.8) is 0 Å². The second kappa shape index (κ2) is 8.82. The first-order valence-electron chi connectivity index (χ1n) is 10.0. The predicted molar refractivity (Wildman–Crippen MR) is 117 cm³/mol. The van der Waals surface area contributed by atoms with Crippen molar-refractivity contribution in [1.82, 2.24) is 20.0 Å². The van der Waals surface area contributed by atoms with Gasteiger partial charge in [-0.15, -0.1) is 0 Å². The van der Waals surface area contributed by atoms with E-state index in [1.807, 2.05) is 54.2 Å². The molecule has 30 heavy (non-hydrogen) atoms. The Bertz CT molecular complexity index is 1070. The standard InChI is InChI=1S/C23H25N5O2/c1-3-17(19-12-24-25-13-19)9-10-18-14-26-28(15-16-7-8-16)22(18)23(29)27-20-5-4-6-21(11-20)30-2/h3-6,9-14,16H,7-8,15H2,1-2H3,(H,24,25)(H,27,29)/b10-9-,17-3+. The molecule has 1 amide bonds. The van der Waals surface area contributed by atoms with Crippen LogP contribution in [0, 0.1) is 5.92 Å². The van der Waals surface area contributed by atoms with Crippen molar-refractivity contribution >= 4 is 23.2 Å². The van der Waals surface area contributed by atoms with Gasteiger partial charge in [0.1, 0.15) is 11.4 Å². The molecule has 2 heterocycles. The number of allylic oxidation sites excluding steroid dienone is 3. The lowest BCUT2D eigenvalue weighted by atomic mass is 10.1. The number of benzene rings is 1. The van der Waals surface area contributed by atoms with E-state index in [0.717, 1.165) is 23.2 Å². The second-order valence-electron chi connectivity index (χ2n) is 7.32. The van der Waals surface area contributed by atoms with Crippen LogP contribution < -0.4 is 10.1 Å². The summed E-state index contributed by atoms with van der Waals surface area (Å²) in [7, 11) is 1.60. The maximum absolute atomic E-state index is 13.2. The zero-order chi connectivity index (χ0) is 20.9. The van der Waals surface area contributed by atoms with Crippen molar-refractivity contribution in [1.29, 1.82) is 0 Å². The Kier molecular flexibility index (Phi) is 5.79. The van der Waals surface area contributed by atoms with E-state index in [1.165, 1.54) is 12.8 Å². The molecule has 1 fully saturated rings. The molecule has 3 aromatic rings. The van der Waals surface area contributed by atoms with Gasteiger partial charge in [-0.3, -0.25) is 14.6 Å². The number of amides is 1. The number of nitrogens with one attached hydrogen (secondary N) is 2. The van der Waals surface area contributed by atoms with Crippen LogP contribution in [0.15, 0.2) is 55.0 Å². The fraction of sp³-hybridized carbons (Fsp3) is 0.261. The topological polar surface area (TPSA) is 84.8 Å². The largest absolute Gasteiger partial charge is 0.497 e. The highest BCUT2D eigenvalue weighted by Crippen LogP contribution is 2.31. The Morgan fingerprint density at radius 2 is 2.23 bits per heavy atom. The van der Waals surface area contributed by atoms with Gasteiger partial charge in [0.25, 0.3) is 5.91 Å². The quantitative estimate of drug-likeness (QED) is 0.546. The maximum atomic E-state index is 13.2. The van der Waals surface area contributed by atoms with E-state index in [0.29, 0.717) is 23.0 Å². The molecule has 0 atom stereocenters. The number of carbonyl (C=O) groups is 1. The van der Waals surface area contributed by atoms with Crippen molar-refractivity contribution in [2.45, 2.75) is 26.3 Å². The molecule has 7 nitrogen and oxygen atoms in total. The third kappa shape index (κ3) is 4.51. The van der Waals surface area contributed by atoms with E-state index in [2.05, 4.69) is 20.6 Å². The van der Waals surface area contributed by atoms with Crippen LogP contribution in [0.2, 0.25) is 0 Å². The van der Waals surface area contributed by atoms with Gasteiger partial charge in [0.15, 0.2) is 0 Å². The van der Waals surface area contributed by atoms with Crippen molar-refractivity contribution in [3.8, 4) is 5.75 Å². The Morgan fingerprint density at radius 3 is 2.93 bits per heavy atom. The number of aromatic nitrogens is 4. The summed E-state index contributed by atoms with van der Waals surface area (Å²) in [6.45, 7) is 2.73. The number of aromatic amines is 1. The molecule has 2 N–H and O–H groups in total. The van der Waals surface area contributed by atoms with E-state index in [1.54, 1.807) is 25.6 Å². The fourth-order valence-electron chi connectivity index (χ4n) is 3.29. The van der Waals surface area contributed by atoms with E-state index in [9.17, 15) is 4.79 Å². The van der Waals surface area contributed by atoms with Crippen LogP contribution in [-0.2, 0) is 6.54 Å². The van der Waals surface area contributed by atoms with Crippen molar-refractivity contribution in [3.05, 3.63) is 71.8 Å². The molecule has 1 aliphatic carbocycles. The summed E-state index contributed by atoms with van der Waals surface area (Å²) in [6.07, 6.45) is 13.6. The predicted octanol–water partition coefficient (Wildman–Crippen LogP) is 4.39. The Balaban J connectivity index is 1.62. The summed E-state index contributed by atoms with van der Waals surface area (Å²) in [5.41, 5.74) is 4.02. The Labute approximate surface area is 175 Å². The molecule has 0 aliphatic heterocycles. The van der Waals surface area contributed by atoms with Crippen LogP contribution in [0.1, 0.15) is 41.4 Å². The summed E-state index contributed by atoms with van der Waals surface area (Å²) in [5.74, 6) is 1.10. The number of carbonyl (C=O) groups excluding carboxylic acids is 1. The SMILES string of the molecule is C/C=C(\C=C/c1cnn(CC2CC2)c1C(=O)Nc1cccc(OC)c1)c1cn[nH]c1. The zero-order valence-electron chi connectivity index (χ0n) is 17.1. The minimum absolute atomic E-state index is 0.189. The van der Waals surface area contributed by atoms with E-state index in [4.69, 9.17) is 4.74 Å². The molecule has 1 saturated carbocycles.